The van der Waals surface area contributed by atoms with E-state index in [9.17, 15) is 9.90 Å². The van der Waals surface area contributed by atoms with E-state index < -0.39 is 6.10 Å². The zero-order valence-corrected chi connectivity index (χ0v) is 15.5. The predicted molar refractivity (Wildman–Crippen MR) is 102 cm³/mol. The third kappa shape index (κ3) is 5.41. The molecular formula is C21H28N2O2. The van der Waals surface area contributed by atoms with E-state index in [1.54, 1.807) is 5.01 Å². The van der Waals surface area contributed by atoms with Crippen molar-refractivity contribution in [2.24, 2.45) is 5.92 Å². The number of hydrogen-bond acceptors (Lipinski definition) is 3. The number of hydrazine groups is 1. The summed E-state index contributed by atoms with van der Waals surface area (Å²) < 4.78 is 0. The molecule has 1 unspecified atom stereocenters. The first-order valence-corrected chi connectivity index (χ1v) is 8.76. The van der Waals surface area contributed by atoms with Gasteiger partial charge in [0.2, 0.25) is 5.91 Å². The minimum absolute atomic E-state index is 0.0685. The van der Waals surface area contributed by atoms with Crippen LogP contribution < -0.4 is 10.4 Å². The van der Waals surface area contributed by atoms with Gasteiger partial charge in [0, 0.05) is 13.5 Å². The van der Waals surface area contributed by atoms with Crippen molar-refractivity contribution in [1.82, 2.24) is 5.43 Å². The van der Waals surface area contributed by atoms with E-state index in [0.717, 1.165) is 17.7 Å². The Balaban J connectivity index is 2.00. The lowest BCUT2D eigenvalue weighted by atomic mass is 9.99. The van der Waals surface area contributed by atoms with Crippen LogP contribution in [0.25, 0.3) is 0 Å². The molecule has 0 aliphatic rings. The van der Waals surface area contributed by atoms with Crippen LogP contribution in [0.4, 0.5) is 5.69 Å². The number of carbonyl (C=O) groups excluding carboxylic acids is 1. The highest BCUT2D eigenvalue weighted by Crippen LogP contribution is 2.23. The second-order valence-electron chi connectivity index (χ2n) is 6.78. The normalized spacial score (nSPS) is 12.2. The Morgan fingerprint density at radius 2 is 1.68 bits per heavy atom. The number of amides is 1. The highest BCUT2D eigenvalue weighted by molar-refractivity contribution is 5.90. The van der Waals surface area contributed by atoms with E-state index in [1.165, 1.54) is 18.1 Å². The van der Waals surface area contributed by atoms with Crippen molar-refractivity contribution in [3.05, 3.63) is 65.2 Å². The first-order valence-electron chi connectivity index (χ1n) is 8.76. The third-order valence-electron chi connectivity index (χ3n) is 4.24. The van der Waals surface area contributed by atoms with Crippen LogP contribution in [-0.2, 0) is 11.2 Å². The van der Waals surface area contributed by atoms with Crippen molar-refractivity contribution in [2.75, 3.05) is 11.6 Å². The average molecular weight is 340 g/mol. The lowest BCUT2D eigenvalue weighted by molar-refractivity contribution is -0.117. The van der Waals surface area contributed by atoms with E-state index in [4.69, 9.17) is 0 Å². The molecule has 0 saturated carbocycles. The molecule has 1 amide bonds. The van der Waals surface area contributed by atoms with E-state index >= 15 is 0 Å². The minimum Gasteiger partial charge on any atom is -0.388 e. The van der Waals surface area contributed by atoms with Gasteiger partial charge < -0.3 is 5.11 Å². The van der Waals surface area contributed by atoms with Gasteiger partial charge in [-0.25, -0.2) is 10.4 Å². The molecule has 0 spiro atoms. The molecular weight excluding hydrogens is 312 g/mol. The molecule has 2 aromatic rings. The molecule has 0 heterocycles. The summed E-state index contributed by atoms with van der Waals surface area (Å²) in [6.45, 7) is 8.23. The van der Waals surface area contributed by atoms with Gasteiger partial charge in [-0.1, -0.05) is 55.8 Å². The second-order valence-corrected chi connectivity index (χ2v) is 6.78. The number of rotatable bonds is 7. The van der Waals surface area contributed by atoms with Crippen LogP contribution in [0.3, 0.4) is 0 Å². The van der Waals surface area contributed by atoms with Gasteiger partial charge in [0.15, 0.2) is 0 Å². The fourth-order valence-corrected chi connectivity index (χ4v) is 2.66. The molecule has 0 aromatic heterocycles. The van der Waals surface area contributed by atoms with Crippen LogP contribution in [0.15, 0.2) is 48.5 Å². The number of benzene rings is 2. The number of aryl methyl sites for hydroxylation is 1. The van der Waals surface area contributed by atoms with Crippen LogP contribution >= 0.6 is 0 Å². The van der Waals surface area contributed by atoms with Gasteiger partial charge >= 0.3 is 0 Å². The molecule has 2 rings (SSSR count). The molecule has 134 valence electrons. The summed E-state index contributed by atoms with van der Waals surface area (Å²) in [4.78, 5) is 12.0. The Labute approximate surface area is 150 Å². The smallest absolute Gasteiger partial charge is 0.238 e. The van der Waals surface area contributed by atoms with Crippen molar-refractivity contribution in [2.45, 2.75) is 40.2 Å². The van der Waals surface area contributed by atoms with Crippen molar-refractivity contribution in [3.63, 3.8) is 0 Å². The van der Waals surface area contributed by atoms with Crippen LogP contribution in [0.5, 0.6) is 0 Å². The number of hydrogen-bond donors (Lipinski definition) is 2. The number of anilines is 1. The van der Waals surface area contributed by atoms with Crippen LogP contribution in [0, 0.1) is 12.8 Å². The fraction of sp³-hybridized carbons (Fsp3) is 0.381. The first kappa shape index (κ1) is 19.2. The molecule has 4 nitrogen and oxygen atoms in total. The van der Waals surface area contributed by atoms with Gasteiger partial charge in [-0.15, -0.1) is 0 Å². The molecule has 2 aromatic carbocycles. The summed E-state index contributed by atoms with van der Waals surface area (Å²) in [5.74, 6) is 0.0865. The van der Waals surface area contributed by atoms with Gasteiger partial charge in [0.1, 0.15) is 0 Å². The minimum atomic E-state index is -0.491. The fourth-order valence-electron chi connectivity index (χ4n) is 2.66. The average Bonchev–Trinajstić information content (AvgIpc) is 2.59. The summed E-state index contributed by atoms with van der Waals surface area (Å²) in [5.41, 5.74) is 7.30. The lowest BCUT2D eigenvalue weighted by Gasteiger charge is -2.23. The Kier molecular flexibility index (Phi) is 6.73. The highest BCUT2D eigenvalue weighted by atomic mass is 16.3. The van der Waals surface area contributed by atoms with Gasteiger partial charge in [0.25, 0.3) is 0 Å². The molecule has 25 heavy (non-hydrogen) atoms. The van der Waals surface area contributed by atoms with Gasteiger partial charge in [-0.05, 0) is 42.5 Å². The molecule has 4 heteroatoms. The Morgan fingerprint density at radius 1 is 1.08 bits per heavy atom. The molecule has 0 bridgehead atoms. The van der Waals surface area contributed by atoms with Crippen molar-refractivity contribution in [3.8, 4) is 0 Å². The molecule has 0 fully saturated rings. The molecule has 0 radical (unpaired) electrons. The van der Waals surface area contributed by atoms with Crippen molar-refractivity contribution >= 4 is 11.6 Å². The topological polar surface area (TPSA) is 52.6 Å². The summed E-state index contributed by atoms with van der Waals surface area (Å²) in [7, 11) is 0. The highest BCUT2D eigenvalue weighted by Gasteiger charge is 2.14. The van der Waals surface area contributed by atoms with Crippen molar-refractivity contribution in [1.29, 1.82) is 0 Å². The standard InChI is InChI=1S/C21H28N2O2/c1-15(2)21(25)19-9-11-20(12-10-19)23(17(4)24)22-14-13-18-7-5-16(3)6-8-18/h5-12,15,21-22,25H,13-14H2,1-4H3. The number of carbonyl (C=O) groups is 1. The summed E-state index contributed by atoms with van der Waals surface area (Å²) in [6.07, 6.45) is 0.350. The van der Waals surface area contributed by atoms with Crippen LogP contribution in [-0.4, -0.2) is 17.6 Å². The third-order valence-corrected chi connectivity index (χ3v) is 4.24. The zero-order chi connectivity index (χ0) is 18.4. The SMILES string of the molecule is CC(=O)N(NCCc1ccc(C)cc1)c1ccc(C(O)C(C)C)cc1. The maximum Gasteiger partial charge on any atom is 0.238 e. The van der Waals surface area contributed by atoms with E-state index in [2.05, 4.69) is 36.6 Å². The van der Waals surface area contributed by atoms with E-state index in [-0.39, 0.29) is 11.8 Å². The predicted octanol–water partition coefficient (Wildman–Crippen LogP) is 3.78. The maximum absolute atomic E-state index is 12.0. The van der Waals surface area contributed by atoms with Crippen LogP contribution in [0.1, 0.15) is 43.6 Å². The van der Waals surface area contributed by atoms with Crippen molar-refractivity contribution < 1.29 is 9.90 Å². The Hall–Kier alpha value is -2.17. The quantitative estimate of drug-likeness (QED) is 0.754. The monoisotopic (exact) mass is 340 g/mol. The maximum atomic E-state index is 12.0. The summed E-state index contributed by atoms with van der Waals surface area (Å²) in [6, 6.07) is 15.9. The largest absolute Gasteiger partial charge is 0.388 e. The van der Waals surface area contributed by atoms with Gasteiger partial charge in [0.05, 0.1) is 11.8 Å². The molecule has 0 aliphatic carbocycles. The number of aliphatic hydroxyl groups is 1. The van der Waals surface area contributed by atoms with E-state index in [1.807, 2.05) is 38.1 Å². The second kappa shape index (κ2) is 8.79. The summed E-state index contributed by atoms with van der Waals surface area (Å²) in [5, 5.41) is 11.7. The number of aliphatic hydroxyl groups excluding tert-OH is 1. The van der Waals surface area contributed by atoms with E-state index in [0.29, 0.717) is 6.54 Å². The van der Waals surface area contributed by atoms with Gasteiger partial charge in [-0.2, -0.15) is 0 Å². The molecule has 2 N–H and O–H groups in total. The Bertz CT molecular complexity index is 678. The molecule has 0 saturated heterocycles. The molecule has 1 atom stereocenters. The summed E-state index contributed by atoms with van der Waals surface area (Å²) >= 11 is 0. The zero-order valence-electron chi connectivity index (χ0n) is 15.5. The first-order chi connectivity index (χ1) is 11.9. The number of nitrogens with zero attached hydrogens (tertiary/aromatic N) is 1. The number of nitrogens with one attached hydrogen (secondary N) is 1. The Morgan fingerprint density at radius 3 is 2.20 bits per heavy atom. The lowest BCUT2D eigenvalue weighted by Crippen LogP contribution is -2.42. The van der Waals surface area contributed by atoms with Gasteiger partial charge in [-0.3, -0.25) is 4.79 Å². The van der Waals surface area contributed by atoms with Crippen LogP contribution in [0.2, 0.25) is 0 Å². The molecule has 0 aliphatic heterocycles.